The minimum atomic E-state index is -4.17. The van der Waals surface area contributed by atoms with Gasteiger partial charge in [-0.3, -0.25) is 4.68 Å². The number of sulfonamides is 1. The zero-order valence-corrected chi connectivity index (χ0v) is 11.9. The molecule has 3 N–H and O–H groups in total. The Hall–Kier alpha value is -1.91. The van der Waals surface area contributed by atoms with Gasteiger partial charge in [0.1, 0.15) is 17.0 Å². The van der Waals surface area contributed by atoms with Crippen LogP contribution in [0.25, 0.3) is 0 Å². The Kier molecular flexibility index (Phi) is 4.30. The van der Waals surface area contributed by atoms with Crippen LogP contribution in [-0.4, -0.2) is 23.2 Å². The average Bonchev–Trinajstić information content (AvgIpc) is 2.83. The molecule has 0 aliphatic carbocycles. The first-order valence-corrected chi connectivity index (χ1v) is 7.34. The molecule has 0 saturated heterocycles. The van der Waals surface area contributed by atoms with Crippen LogP contribution in [0.2, 0.25) is 0 Å². The van der Waals surface area contributed by atoms with E-state index in [1.165, 1.54) is 11.0 Å². The number of aromatic nitrogens is 3. The van der Waals surface area contributed by atoms with Gasteiger partial charge in [-0.1, -0.05) is 0 Å². The summed E-state index contributed by atoms with van der Waals surface area (Å²) in [4.78, 5) is 3.17. The van der Waals surface area contributed by atoms with Crippen LogP contribution in [-0.2, 0) is 30.2 Å². The highest BCUT2D eigenvalue weighted by atomic mass is 32.2. The molecule has 21 heavy (non-hydrogen) atoms. The van der Waals surface area contributed by atoms with E-state index in [2.05, 4.69) is 14.8 Å². The fourth-order valence-electron chi connectivity index (χ4n) is 1.67. The van der Waals surface area contributed by atoms with Crippen LogP contribution in [0.1, 0.15) is 11.4 Å². The van der Waals surface area contributed by atoms with Crippen LogP contribution in [0.5, 0.6) is 0 Å². The number of benzene rings is 1. The molecule has 0 unspecified atom stereocenters. The Morgan fingerprint density at radius 1 is 1.38 bits per heavy atom. The van der Waals surface area contributed by atoms with Crippen LogP contribution in [0.15, 0.2) is 23.4 Å². The summed E-state index contributed by atoms with van der Waals surface area (Å²) in [5.41, 5.74) is 4.74. The molecule has 0 bridgehead atoms. The lowest BCUT2D eigenvalue weighted by Gasteiger charge is -2.09. The van der Waals surface area contributed by atoms with E-state index in [1.807, 2.05) is 0 Å². The molecule has 0 atom stereocenters. The van der Waals surface area contributed by atoms with Crippen molar-refractivity contribution in [1.82, 2.24) is 19.5 Å². The van der Waals surface area contributed by atoms with Crippen LogP contribution in [0, 0.1) is 11.6 Å². The van der Waals surface area contributed by atoms with E-state index in [0.29, 0.717) is 0 Å². The number of nitrogens with one attached hydrogen (secondary N) is 1. The highest BCUT2D eigenvalue weighted by Crippen LogP contribution is 2.20. The third-order valence-corrected chi connectivity index (χ3v) is 4.13. The molecule has 0 radical (unpaired) electrons. The largest absolute Gasteiger partial charge is 0.326 e. The molecule has 114 valence electrons. The van der Waals surface area contributed by atoms with Gasteiger partial charge in [-0.15, -0.1) is 0 Å². The lowest BCUT2D eigenvalue weighted by Crippen LogP contribution is -2.25. The number of nitrogens with two attached hydrogens (primary N) is 1. The van der Waals surface area contributed by atoms with Gasteiger partial charge in [0.05, 0.1) is 6.54 Å². The van der Waals surface area contributed by atoms with E-state index in [1.54, 1.807) is 7.05 Å². The molecular weight excluding hydrogens is 304 g/mol. The molecule has 1 aromatic heterocycles. The number of halogens is 2. The fourth-order valence-corrected chi connectivity index (χ4v) is 2.75. The van der Waals surface area contributed by atoms with Crippen LogP contribution >= 0.6 is 0 Å². The summed E-state index contributed by atoms with van der Waals surface area (Å²) in [6.45, 7) is -0.652. The molecule has 0 fully saturated rings. The molecule has 7 nitrogen and oxygen atoms in total. The van der Waals surface area contributed by atoms with Gasteiger partial charge in [0.25, 0.3) is 0 Å². The Morgan fingerprint density at radius 2 is 2.10 bits per heavy atom. The number of hydrogen-bond acceptors (Lipinski definition) is 5. The monoisotopic (exact) mass is 317 g/mol. The quantitative estimate of drug-likeness (QED) is 0.810. The zero-order chi connectivity index (χ0) is 15.6. The van der Waals surface area contributed by atoms with Crippen molar-refractivity contribution in [1.29, 1.82) is 0 Å². The van der Waals surface area contributed by atoms with Crippen LogP contribution in [0.3, 0.4) is 0 Å². The first-order chi connectivity index (χ1) is 9.85. The topological polar surface area (TPSA) is 103 Å². The Balaban J connectivity index is 2.27. The lowest BCUT2D eigenvalue weighted by atomic mass is 10.2. The Morgan fingerprint density at radius 3 is 2.67 bits per heavy atom. The zero-order valence-electron chi connectivity index (χ0n) is 11.0. The fraction of sp³-hybridized carbons (Fsp3) is 0.273. The normalized spacial score (nSPS) is 11.8. The molecule has 2 aromatic rings. The van der Waals surface area contributed by atoms with E-state index < -0.39 is 38.7 Å². The third kappa shape index (κ3) is 3.23. The first kappa shape index (κ1) is 15.5. The maximum absolute atomic E-state index is 14.0. The smallest absolute Gasteiger partial charge is 0.243 e. The van der Waals surface area contributed by atoms with Gasteiger partial charge < -0.3 is 5.73 Å². The number of aryl methyl sites for hydroxylation is 1. The van der Waals surface area contributed by atoms with Crippen LogP contribution in [0.4, 0.5) is 8.78 Å². The summed E-state index contributed by atoms with van der Waals surface area (Å²) in [5.74, 6) is -1.86. The second-order valence-electron chi connectivity index (χ2n) is 4.20. The summed E-state index contributed by atoms with van der Waals surface area (Å²) in [6.07, 6.45) is 1.40. The summed E-state index contributed by atoms with van der Waals surface area (Å²) in [7, 11) is -2.54. The van der Waals surface area contributed by atoms with Gasteiger partial charge in [0.2, 0.25) is 10.0 Å². The number of nitrogens with zero attached hydrogens (tertiary/aromatic N) is 3. The minimum Gasteiger partial charge on any atom is -0.326 e. The average molecular weight is 317 g/mol. The second-order valence-corrected chi connectivity index (χ2v) is 5.94. The van der Waals surface area contributed by atoms with Crippen molar-refractivity contribution < 1.29 is 17.2 Å². The SMILES string of the molecule is Cn1cnc(CNS(=O)(=O)c2ccc(F)c(CN)c2F)n1. The molecule has 1 aromatic carbocycles. The van der Waals surface area contributed by atoms with Gasteiger partial charge in [-0.25, -0.2) is 26.9 Å². The van der Waals surface area contributed by atoms with Crippen LogP contribution < -0.4 is 10.5 Å². The summed E-state index contributed by atoms with van der Waals surface area (Å²) < 4.78 is 54.9. The predicted octanol–water partition coefficient (Wildman–Crippen LogP) is 0.0305. The van der Waals surface area contributed by atoms with E-state index in [0.717, 1.165) is 12.1 Å². The maximum Gasteiger partial charge on any atom is 0.243 e. The van der Waals surface area contributed by atoms with E-state index in [9.17, 15) is 17.2 Å². The molecule has 0 spiro atoms. The predicted molar refractivity (Wildman–Crippen MR) is 69.3 cm³/mol. The van der Waals surface area contributed by atoms with Crippen molar-refractivity contribution in [2.75, 3.05) is 0 Å². The number of rotatable bonds is 5. The van der Waals surface area contributed by atoms with Crippen molar-refractivity contribution in [3.05, 3.63) is 41.5 Å². The molecular formula is C11H13F2N5O2S. The van der Waals surface area contributed by atoms with Crippen molar-refractivity contribution >= 4 is 10.0 Å². The van der Waals surface area contributed by atoms with Crippen molar-refractivity contribution in [3.63, 3.8) is 0 Å². The van der Waals surface area contributed by atoms with Gasteiger partial charge in [-0.05, 0) is 12.1 Å². The Labute approximate surface area is 119 Å². The minimum absolute atomic E-state index is 0.210. The van der Waals surface area contributed by atoms with Crippen molar-refractivity contribution in [3.8, 4) is 0 Å². The van der Waals surface area contributed by atoms with Gasteiger partial charge in [-0.2, -0.15) is 5.10 Å². The van der Waals surface area contributed by atoms with E-state index in [4.69, 9.17) is 5.73 Å². The highest BCUT2D eigenvalue weighted by Gasteiger charge is 2.23. The molecule has 0 saturated carbocycles. The lowest BCUT2D eigenvalue weighted by molar-refractivity contribution is 0.525. The van der Waals surface area contributed by atoms with Gasteiger partial charge in [0.15, 0.2) is 11.6 Å². The van der Waals surface area contributed by atoms with Gasteiger partial charge in [0, 0.05) is 19.2 Å². The molecule has 0 aliphatic heterocycles. The second kappa shape index (κ2) is 5.84. The van der Waals surface area contributed by atoms with Crippen molar-refractivity contribution in [2.24, 2.45) is 12.8 Å². The van der Waals surface area contributed by atoms with E-state index >= 15 is 0 Å². The summed E-state index contributed by atoms with van der Waals surface area (Å²) in [6, 6.07) is 1.71. The molecule has 2 rings (SSSR count). The first-order valence-electron chi connectivity index (χ1n) is 5.86. The third-order valence-electron chi connectivity index (χ3n) is 2.71. The Bertz CT molecular complexity index is 760. The number of hydrogen-bond donors (Lipinski definition) is 2. The molecule has 0 amide bonds. The van der Waals surface area contributed by atoms with Gasteiger partial charge >= 0.3 is 0 Å². The highest BCUT2D eigenvalue weighted by molar-refractivity contribution is 7.89. The summed E-state index contributed by atoms with van der Waals surface area (Å²) >= 11 is 0. The molecule has 0 aliphatic rings. The standard InChI is InChI=1S/C11H13F2N5O2S/c1-18-6-15-10(17-18)5-16-21(19,20)9-3-2-8(12)7(4-14)11(9)13/h2-3,6,16H,4-5,14H2,1H3. The maximum atomic E-state index is 14.0. The molecule has 10 heteroatoms. The van der Waals surface area contributed by atoms with E-state index in [-0.39, 0.29) is 12.4 Å². The summed E-state index contributed by atoms with van der Waals surface area (Å²) in [5, 5.41) is 3.88. The molecule has 1 heterocycles. The van der Waals surface area contributed by atoms with Crippen molar-refractivity contribution in [2.45, 2.75) is 18.0 Å².